The minimum Gasteiger partial charge on any atom is -0.368 e. The molecule has 0 atom stereocenters. The van der Waals surface area contributed by atoms with E-state index in [1.54, 1.807) is 6.07 Å². The third-order valence-electron chi connectivity index (χ3n) is 1.85. The van der Waals surface area contributed by atoms with Crippen LogP contribution in [-0.4, -0.2) is 23.4 Å². The fourth-order valence-electron chi connectivity index (χ4n) is 1.10. The van der Waals surface area contributed by atoms with Gasteiger partial charge in [0.05, 0.1) is 0 Å². The number of nitrogens with zero attached hydrogens (tertiary/aromatic N) is 1. The number of aryl methyl sites for hydroxylation is 1. The van der Waals surface area contributed by atoms with Gasteiger partial charge in [-0.25, -0.2) is 10.5 Å². The standard InChI is InChI=1S/C10H12ClN3O3/c1-2-7-3-6(4-8(11)13-7)10(16)14-17-5-9(12)15/h3-4H,2,5H2,1H3,(H2,12,15)(H,14,16). The van der Waals surface area contributed by atoms with Crippen molar-refractivity contribution in [3.8, 4) is 0 Å². The highest BCUT2D eigenvalue weighted by Crippen LogP contribution is 2.11. The van der Waals surface area contributed by atoms with E-state index < -0.39 is 11.8 Å². The maximum absolute atomic E-state index is 11.6. The fraction of sp³-hybridized carbons (Fsp3) is 0.300. The molecule has 1 aromatic heterocycles. The van der Waals surface area contributed by atoms with E-state index in [2.05, 4.69) is 15.3 Å². The van der Waals surface area contributed by atoms with E-state index in [4.69, 9.17) is 17.3 Å². The summed E-state index contributed by atoms with van der Waals surface area (Å²) in [5.74, 6) is -1.18. The SMILES string of the molecule is CCc1cc(C(=O)NOCC(N)=O)cc(Cl)n1. The molecule has 0 aliphatic rings. The van der Waals surface area contributed by atoms with Crippen LogP contribution in [0.1, 0.15) is 23.0 Å². The maximum atomic E-state index is 11.6. The predicted molar refractivity (Wildman–Crippen MR) is 61.2 cm³/mol. The van der Waals surface area contributed by atoms with Crippen LogP contribution in [0.3, 0.4) is 0 Å². The summed E-state index contributed by atoms with van der Waals surface area (Å²) in [6.07, 6.45) is 0.656. The topological polar surface area (TPSA) is 94.3 Å². The first-order valence-electron chi connectivity index (χ1n) is 4.89. The number of hydroxylamine groups is 1. The van der Waals surface area contributed by atoms with Gasteiger partial charge in [0.15, 0.2) is 6.61 Å². The third kappa shape index (κ3) is 4.38. The molecule has 17 heavy (non-hydrogen) atoms. The van der Waals surface area contributed by atoms with Gasteiger partial charge in [0.1, 0.15) is 5.15 Å². The number of hydrogen-bond acceptors (Lipinski definition) is 4. The molecule has 0 spiro atoms. The van der Waals surface area contributed by atoms with Crippen molar-refractivity contribution in [3.05, 3.63) is 28.5 Å². The first-order valence-corrected chi connectivity index (χ1v) is 5.27. The number of amides is 2. The first-order chi connectivity index (χ1) is 8.02. The van der Waals surface area contributed by atoms with E-state index in [0.717, 1.165) is 0 Å². The Labute approximate surface area is 103 Å². The van der Waals surface area contributed by atoms with Crippen LogP contribution in [0.5, 0.6) is 0 Å². The van der Waals surface area contributed by atoms with Gasteiger partial charge < -0.3 is 5.73 Å². The molecule has 6 nitrogen and oxygen atoms in total. The lowest BCUT2D eigenvalue weighted by molar-refractivity contribution is -0.124. The number of carbonyl (C=O) groups is 2. The summed E-state index contributed by atoms with van der Waals surface area (Å²) in [6.45, 7) is 1.51. The molecular weight excluding hydrogens is 246 g/mol. The second-order valence-electron chi connectivity index (χ2n) is 3.21. The third-order valence-corrected chi connectivity index (χ3v) is 2.04. The summed E-state index contributed by atoms with van der Waals surface area (Å²) in [5, 5.41) is 0.226. The number of carbonyl (C=O) groups excluding carboxylic acids is 2. The van der Waals surface area contributed by atoms with Gasteiger partial charge >= 0.3 is 0 Å². The normalized spacial score (nSPS) is 10.0. The zero-order valence-corrected chi connectivity index (χ0v) is 9.95. The molecule has 0 aromatic carbocycles. The summed E-state index contributed by atoms with van der Waals surface area (Å²) in [6, 6.07) is 3.00. The average Bonchev–Trinajstić information content (AvgIpc) is 2.27. The van der Waals surface area contributed by atoms with E-state index >= 15 is 0 Å². The molecule has 1 heterocycles. The minimum atomic E-state index is -0.674. The second kappa shape index (κ2) is 6.17. The van der Waals surface area contributed by atoms with E-state index in [-0.39, 0.29) is 11.8 Å². The number of hydrogen-bond donors (Lipinski definition) is 2. The van der Waals surface area contributed by atoms with Gasteiger partial charge in [-0.15, -0.1) is 0 Å². The van der Waals surface area contributed by atoms with Crippen LogP contribution in [-0.2, 0) is 16.1 Å². The number of halogens is 1. The van der Waals surface area contributed by atoms with Crippen LogP contribution in [0.2, 0.25) is 5.15 Å². The predicted octanol–water partition coefficient (Wildman–Crippen LogP) is 0.444. The molecule has 0 saturated carbocycles. The summed E-state index contributed by atoms with van der Waals surface area (Å²) < 4.78 is 0. The highest BCUT2D eigenvalue weighted by molar-refractivity contribution is 6.29. The molecule has 0 aliphatic heterocycles. The molecule has 1 aromatic rings. The molecule has 7 heteroatoms. The molecule has 1 rings (SSSR count). The van der Waals surface area contributed by atoms with E-state index in [0.29, 0.717) is 17.7 Å². The number of nitrogens with one attached hydrogen (secondary N) is 1. The molecule has 3 N–H and O–H groups in total. The molecule has 0 unspecified atom stereocenters. The van der Waals surface area contributed by atoms with Gasteiger partial charge in [-0.2, -0.15) is 0 Å². The zero-order valence-electron chi connectivity index (χ0n) is 9.20. The Kier molecular flexibility index (Phi) is 4.86. The first kappa shape index (κ1) is 13.4. The number of pyridine rings is 1. The lowest BCUT2D eigenvalue weighted by Gasteiger charge is -2.05. The van der Waals surface area contributed by atoms with Gasteiger partial charge in [-0.1, -0.05) is 18.5 Å². The lowest BCUT2D eigenvalue weighted by Crippen LogP contribution is -2.29. The van der Waals surface area contributed by atoms with Gasteiger partial charge in [-0.05, 0) is 18.6 Å². The molecule has 92 valence electrons. The quantitative estimate of drug-likeness (QED) is 0.591. The van der Waals surface area contributed by atoms with Crippen LogP contribution in [0.4, 0.5) is 0 Å². The molecule has 0 fully saturated rings. The Balaban J connectivity index is 2.68. The largest absolute Gasteiger partial charge is 0.368 e. The summed E-state index contributed by atoms with van der Waals surface area (Å²) >= 11 is 5.75. The van der Waals surface area contributed by atoms with Crippen molar-refractivity contribution in [2.75, 3.05) is 6.61 Å². The Morgan fingerprint density at radius 1 is 1.53 bits per heavy atom. The molecule has 0 aliphatic carbocycles. The highest BCUT2D eigenvalue weighted by atomic mass is 35.5. The molecule has 0 saturated heterocycles. The molecule has 0 bridgehead atoms. The van der Waals surface area contributed by atoms with Gasteiger partial charge in [0.2, 0.25) is 5.91 Å². The molecule has 0 radical (unpaired) electrons. The van der Waals surface area contributed by atoms with Gasteiger partial charge in [0.25, 0.3) is 5.91 Å². The van der Waals surface area contributed by atoms with Crippen molar-refractivity contribution >= 4 is 23.4 Å². The number of primary amides is 1. The molecule has 2 amide bonds. The number of nitrogens with two attached hydrogens (primary N) is 1. The van der Waals surface area contributed by atoms with Crippen LogP contribution >= 0.6 is 11.6 Å². The summed E-state index contributed by atoms with van der Waals surface area (Å²) in [4.78, 5) is 30.6. The van der Waals surface area contributed by atoms with Gasteiger partial charge in [0, 0.05) is 11.3 Å². The van der Waals surface area contributed by atoms with Crippen molar-refractivity contribution in [3.63, 3.8) is 0 Å². The van der Waals surface area contributed by atoms with Crippen molar-refractivity contribution in [1.82, 2.24) is 10.5 Å². The Hall–Kier alpha value is -1.66. The smallest absolute Gasteiger partial charge is 0.275 e. The van der Waals surface area contributed by atoms with Gasteiger partial charge in [-0.3, -0.25) is 14.4 Å². The lowest BCUT2D eigenvalue weighted by atomic mass is 10.2. The highest BCUT2D eigenvalue weighted by Gasteiger charge is 2.09. The monoisotopic (exact) mass is 257 g/mol. The minimum absolute atomic E-state index is 0.226. The zero-order chi connectivity index (χ0) is 12.8. The van der Waals surface area contributed by atoms with E-state index in [9.17, 15) is 9.59 Å². The Morgan fingerprint density at radius 3 is 2.82 bits per heavy atom. The second-order valence-corrected chi connectivity index (χ2v) is 3.60. The Morgan fingerprint density at radius 2 is 2.24 bits per heavy atom. The average molecular weight is 258 g/mol. The van der Waals surface area contributed by atoms with Crippen molar-refractivity contribution < 1.29 is 14.4 Å². The summed E-state index contributed by atoms with van der Waals surface area (Å²) in [7, 11) is 0. The molecular formula is C10H12ClN3O3. The van der Waals surface area contributed by atoms with Crippen LogP contribution in [0.15, 0.2) is 12.1 Å². The van der Waals surface area contributed by atoms with Crippen LogP contribution in [0.25, 0.3) is 0 Å². The number of rotatable bonds is 5. The number of aromatic nitrogens is 1. The van der Waals surface area contributed by atoms with E-state index in [1.807, 2.05) is 6.92 Å². The summed E-state index contributed by atoms with van der Waals surface area (Å²) in [5.41, 5.74) is 7.93. The van der Waals surface area contributed by atoms with Crippen molar-refractivity contribution in [2.24, 2.45) is 5.73 Å². The fourth-order valence-corrected chi connectivity index (χ4v) is 1.32. The Bertz CT molecular complexity index is 437. The van der Waals surface area contributed by atoms with Crippen molar-refractivity contribution in [2.45, 2.75) is 13.3 Å². The van der Waals surface area contributed by atoms with E-state index in [1.165, 1.54) is 6.07 Å². The maximum Gasteiger partial charge on any atom is 0.275 e. The van der Waals surface area contributed by atoms with Crippen LogP contribution < -0.4 is 11.2 Å². The van der Waals surface area contributed by atoms with Crippen LogP contribution in [0, 0.1) is 0 Å². The van der Waals surface area contributed by atoms with Crippen molar-refractivity contribution in [1.29, 1.82) is 0 Å².